The minimum Gasteiger partial charge on any atom is -0.789 e. The molecule has 0 heterocycles. The van der Waals surface area contributed by atoms with Crippen molar-refractivity contribution in [3.05, 3.63) is 0 Å². The zero-order valence-electron chi connectivity index (χ0n) is 9.80. The fourth-order valence-electron chi connectivity index (χ4n) is 0.809. The smallest absolute Gasteiger partial charge is 0.325 e. The second kappa shape index (κ2) is 8.08. The molecule has 2 atom stereocenters. The number of methoxy groups -OCH3 is 1. The molecule has 0 aromatic rings. The van der Waals surface area contributed by atoms with Gasteiger partial charge < -0.3 is 25.4 Å². The van der Waals surface area contributed by atoms with Crippen molar-refractivity contribution in [2.75, 3.05) is 13.7 Å². The number of aliphatic hydroxyl groups is 1. The summed E-state index contributed by atoms with van der Waals surface area (Å²) in [6, 6.07) is -1.13. The molecule has 2 unspecified atom stereocenters. The van der Waals surface area contributed by atoms with E-state index in [1.807, 2.05) is 0 Å². The Bertz CT molecular complexity index is 263. The summed E-state index contributed by atoms with van der Waals surface area (Å²) in [5.41, 5.74) is 0. The lowest BCUT2D eigenvalue weighted by atomic mass is 10.3. The maximum atomic E-state index is 11.6. The Hall–Kier alpha value is -0.0800. The number of quaternary nitrogens is 1. The zero-order valence-corrected chi connectivity index (χ0v) is 11.5. The van der Waals surface area contributed by atoms with E-state index in [0.717, 1.165) is 7.11 Å². The molecule has 0 saturated carbocycles. The standard InChI is InChI=1S/C7H16NO5PS.H3N/c1-5(2)13-14(11,15)8-6(4-9)7(10)12-3;/h5-6,9H,4H2,1-3H3,(H2,8,11,15);1H3. The largest absolute Gasteiger partial charge is 0.789 e. The van der Waals surface area contributed by atoms with E-state index in [0.29, 0.717) is 0 Å². The van der Waals surface area contributed by atoms with Gasteiger partial charge in [-0.3, -0.25) is 9.88 Å². The molecule has 0 bridgehead atoms. The topological polar surface area (TPSA) is 127 Å². The van der Waals surface area contributed by atoms with Crippen LogP contribution < -0.4 is 16.1 Å². The van der Waals surface area contributed by atoms with Crippen LogP contribution in [0.25, 0.3) is 0 Å². The lowest BCUT2D eigenvalue weighted by Crippen LogP contribution is -2.41. The Labute approximate surface area is 99.9 Å². The minimum atomic E-state index is -3.52. The van der Waals surface area contributed by atoms with Gasteiger partial charge in [0.25, 0.3) is 0 Å². The van der Waals surface area contributed by atoms with Gasteiger partial charge in [0.05, 0.1) is 26.5 Å². The molecule has 0 aliphatic heterocycles. The summed E-state index contributed by atoms with van der Waals surface area (Å²) in [5.74, 6) is -0.741. The summed E-state index contributed by atoms with van der Waals surface area (Å²) in [6.45, 7) is -0.758. The Morgan fingerprint density at radius 1 is 1.62 bits per heavy atom. The predicted octanol–water partition coefficient (Wildman–Crippen LogP) is -0.504. The molecule has 0 amide bonds. The van der Waals surface area contributed by atoms with Gasteiger partial charge in [0.1, 0.15) is 6.04 Å². The van der Waals surface area contributed by atoms with Crippen molar-refractivity contribution < 1.29 is 24.1 Å². The molecule has 0 saturated heterocycles. The quantitative estimate of drug-likeness (QED) is 0.440. The van der Waals surface area contributed by atoms with E-state index >= 15 is 0 Å². The van der Waals surface area contributed by atoms with Gasteiger partial charge in [0, 0.05) is 0 Å². The molecule has 0 aromatic carbocycles. The summed E-state index contributed by atoms with van der Waals surface area (Å²) in [7, 11) is 1.16. The van der Waals surface area contributed by atoms with E-state index in [-0.39, 0.29) is 12.3 Å². The maximum Gasteiger partial charge on any atom is 0.325 e. The van der Waals surface area contributed by atoms with Crippen LogP contribution in [0.3, 0.4) is 0 Å². The number of carbonyl (C=O) groups excluding carboxylic acids is 1. The van der Waals surface area contributed by atoms with E-state index in [9.17, 15) is 9.69 Å². The van der Waals surface area contributed by atoms with Crippen LogP contribution in [0, 0.1) is 0 Å². The first-order chi connectivity index (χ1) is 6.82. The number of ether oxygens (including phenoxy) is 1. The van der Waals surface area contributed by atoms with Crippen LogP contribution in [-0.2, 0) is 25.9 Å². The molecule has 0 radical (unpaired) electrons. The minimum absolute atomic E-state index is 0. The van der Waals surface area contributed by atoms with Crippen molar-refractivity contribution >= 4 is 24.4 Å². The first kappa shape index (κ1) is 18.3. The van der Waals surface area contributed by atoms with Crippen LogP contribution in [0.15, 0.2) is 0 Å². The number of hydrogen-bond acceptors (Lipinski definition) is 6. The van der Waals surface area contributed by atoms with Gasteiger partial charge in [0.2, 0.25) is 0 Å². The number of aliphatic hydroxyl groups excluding tert-OH is 1. The Morgan fingerprint density at radius 3 is 2.44 bits per heavy atom. The zero-order chi connectivity index (χ0) is 12.1. The van der Waals surface area contributed by atoms with Gasteiger partial charge in [-0.05, 0) is 13.8 Å². The summed E-state index contributed by atoms with van der Waals surface area (Å²) < 4.78 is 9.27. The fraction of sp³-hybridized carbons (Fsp3) is 0.857. The van der Waals surface area contributed by atoms with E-state index < -0.39 is 25.3 Å². The first-order valence-electron chi connectivity index (χ1n) is 4.28. The molecular formula is C7H19N2O5PS. The third-order valence-corrected chi connectivity index (χ3v) is 3.23. The van der Waals surface area contributed by atoms with E-state index in [1.165, 1.54) is 0 Å². The van der Waals surface area contributed by atoms with Crippen molar-refractivity contribution in [1.82, 2.24) is 11.2 Å². The second-order valence-corrected chi connectivity index (χ2v) is 5.95. The summed E-state index contributed by atoms with van der Waals surface area (Å²) in [5, 5.41) is 11.1. The summed E-state index contributed by atoms with van der Waals surface area (Å²) >= 11 is 4.63. The molecule has 16 heavy (non-hydrogen) atoms. The van der Waals surface area contributed by atoms with Crippen LogP contribution in [-0.4, -0.2) is 36.9 Å². The predicted molar refractivity (Wildman–Crippen MR) is 62.5 cm³/mol. The lowest BCUT2D eigenvalue weighted by Gasteiger charge is -2.33. The Morgan fingerprint density at radius 2 is 2.12 bits per heavy atom. The highest BCUT2D eigenvalue weighted by Crippen LogP contribution is 2.34. The molecule has 0 fully saturated rings. The van der Waals surface area contributed by atoms with E-state index in [1.54, 1.807) is 13.8 Å². The number of hydrogen-bond donors (Lipinski definition) is 3. The maximum absolute atomic E-state index is 11.6. The van der Waals surface area contributed by atoms with Crippen LogP contribution >= 0.6 is 6.64 Å². The third-order valence-electron chi connectivity index (χ3n) is 1.33. The van der Waals surface area contributed by atoms with Crippen molar-refractivity contribution in [2.45, 2.75) is 26.0 Å². The van der Waals surface area contributed by atoms with Gasteiger partial charge in [-0.25, -0.2) is 0 Å². The molecular weight excluding hydrogens is 255 g/mol. The van der Waals surface area contributed by atoms with Gasteiger partial charge in [-0.15, -0.1) is 0 Å². The number of rotatable bonds is 6. The van der Waals surface area contributed by atoms with Crippen LogP contribution in [0.5, 0.6) is 0 Å². The molecule has 9 heteroatoms. The number of carbonyl (C=O) groups is 1. The molecule has 0 aromatic heterocycles. The highest BCUT2D eigenvalue weighted by atomic mass is 32.5. The van der Waals surface area contributed by atoms with Crippen molar-refractivity contribution in [3.8, 4) is 0 Å². The van der Waals surface area contributed by atoms with Gasteiger partial charge in [0.15, 0.2) is 0 Å². The highest BCUT2D eigenvalue weighted by Gasteiger charge is 2.21. The molecule has 0 aliphatic rings. The molecule has 0 spiro atoms. The van der Waals surface area contributed by atoms with Gasteiger partial charge >= 0.3 is 5.97 Å². The first-order valence-corrected chi connectivity index (χ1v) is 6.92. The van der Waals surface area contributed by atoms with Crippen molar-refractivity contribution in [2.24, 2.45) is 0 Å². The fourth-order valence-corrected chi connectivity index (χ4v) is 2.89. The average molecular weight is 274 g/mol. The SMILES string of the molecule is COC(=O)C(CO)NP([O-])(=S)OC(C)C.[NH4+]. The van der Waals surface area contributed by atoms with Crippen molar-refractivity contribution in [1.29, 1.82) is 0 Å². The van der Waals surface area contributed by atoms with Gasteiger partial charge in [-0.1, -0.05) is 11.8 Å². The molecule has 0 aliphatic carbocycles. The summed E-state index contributed by atoms with van der Waals surface area (Å²) in [4.78, 5) is 22.6. The second-order valence-electron chi connectivity index (χ2n) is 3.04. The molecule has 0 rings (SSSR count). The van der Waals surface area contributed by atoms with E-state index in [2.05, 4.69) is 21.6 Å². The van der Waals surface area contributed by atoms with Crippen LogP contribution in [0.1, 0.15) is 13.8 Å². The van der Waals surface area contributed by atoms with Crippen LogP contribution in [0.4, 0.5) is 0 Å². The lowest BCUT2D eigenvalue weighted by molar-refractivity contribution is -0.190. The third kappa shape index (κ3) is 7.24. The molecule has 6 N–H and O–H groups in total. The van der Waals surface area contributed by atoms with Gasteiger partial charge in [-0.2, -0.15) is 0 Å². The average Bonchev–Trinajstić information content (AvgIpc) is 2.11. The Kier molecular flexibility index (Phi) is 9.23. The molecule has 98 valence electrons. The number of nitrogens with one attached hydrogen (secondary N) is 1. The normalized spacial score (nSPS) is 16.1. The molecule has 7 nitrogen and oxygen atoms in total. The monoisotopic (exact) mass is 274 g/mol. The summed E-state index contributed by atoms with van der Waals surface area (Å²) in [6.07, 6.45) is -0.335. The van der Waals surface area contributed by atoms with Crippen LogP contribution in [0.2, 0.25) is 0 Å². The number of esters is 1. The Balaban J connectivity index is 0. The van der Waals surface area contributed by atoms with Crippen molar-refractivity contribution in [3.63, 3.8) is 0 Å². The highest BCUT2D eigenvalue weighted by molar-refractivity contribution is 8.07. The van der Waals surface area contributed by atoms with E-state index in [4.69, 9.17) is 9.63 Å².